The van der Waals surface area contributed by atoms with E-state index in [9.17, 15) is 33.9 Å². The van der Waals surface area contributed by atoms with Crippen molar-refractivity contribution in [2.75, 3.05) is 11.5 Å². The first-order valence-electron chi connectivity index (χ1n) is 12.5. The summed E-state index contributed by atoms with van der Waals surface area (Å²) in [5.74, 6) is -3.05. The van der Waals surface area contributed by atoms with Gasteiger partial charge in [-0.1, -0.05) is 19.6 Å². The standard InChI is InChI=1S/C14H17N3O3.C13H15N3O4.CH4/c1-8(18)5-6-12(13(16)19)17-7-10-9(14(17)20)3-2-4-11(10)15;14-9-3-1-2-7-8(9)6-16(12(7)18)10(13(19)20)4-5-11(15)17;/h2-4,12H,5-7,15H2,1H3,(H2,16,19);1-3,10H,4-6,14H2,(H2,15,17)(H,19,20);1H4. The fourth-order valence-electron chi connectivity index (χ4n) is 4.74. The Morgan fingerprint density at radius 2 is 1.24 bits per heavy atom. The lowest BCUT2D eigenvalue weighted by molar-refractivity contribution is -0.142. The van der Waals surface area contributed by atoms with Gasteiger partial charge in [0.15, 0.2) is 0 Å². The van der Waals surface area contributed by atoms with Crippen LogP contribution < -0.4 is 22.9 Å². The number of aliphatic carboxylic acids is 1. The number of fused-ring (bicyclic) bond motifs is 2. The van der Waals surface area contributed by atoms with E-state index in [1.165, 1.54) is 16.7 Å². The Labute approximate surface area is 237 Å². The van der Waals surface area contributed by atoms with Gasteiger partial charge >= 0.3 is 5.97 Å². The third-order valence-corrected chi connectivity index (χ3v) is 6.86. The first kappa shape index (κ1) is 32.3. The van der Waals surface area contributed by atoms with E-state index < -0.39 is 29.9 Å². The molecule has 2 aromatic carbocycles. The number of anilines is 2. The highest BCUT2D eigenvalue weighted by atomic mass is 16.4. The molecule has 0 fully saturated rings. The number of nitrogens with two attached hydrogens (primary N) is 4. The number of nitrogen functional groups attached to an aromatic ring is 2. The van der Waals surface area contributed by atoms with Gasteiger partial charge in [0.1, 0.15) is 17.9 Å². The second-order valence-electron chi connectivity index (χ2n) is 9.63. The fraction of sp³-hybridized carbons (Fsp3) is 0.357. The van der Waals surface area contributed by atoms with Crippen LogP contribution in [-0.4, -0.2) is 62.4 Å². The molecular formula is C28H36N6O7. The average Bonchev–Trinajstić information content (AvgIpc) is 3.38. The van der Waals surface area contributed by atoms with Crippen LogP contribution in [0.2, 0.25) is 0 Å². The molecule has 41 heavy (non-hydrogen) atoms. The number of carbonyl (C=O) groups excluding carboxylic acids is 5. The summed E-state index contributed by atoms with van der Waals surface area (Å²) in [5.41, 5.74) is 25.3. The number of carbonyl (C=O) groups is 6. The van der Waals surface area contributed by atoms with Crippen molar-refractivity contribution in [2.24, 2.45) is 11.5 Å². The van der Waals surface area contributed by atoms with Gasteiger partial charge in [-0.15, -0.1) is 0 Å². The van der Waals surface area contributed by atoms with Crippen LogP contribution in [0.15, 0.2) is 36.4 Å². The van der Waals surface area contributed by atoms with Crippen molar-refractivity contribution < 1.29 is 33.9 Å². The van der Waals surface area contributed by atoms with Gasteiger partial charge in [-0.05, 0) is 44.0 Å². The van der Waals surface area contributed by atoms with E-state index in [2.05, 4.69) is 0 Å². The smallest absolute Gasteiger partial charge is 0.326 e. The molecular weight excluding hydrogens is 532 g/mol. The van der Waals surface area contributed by atoms with Crippen molar-refractivity contribution in [1.82, 2.24) is 9.80 Å². The summed E-state index contributed by atoms with van der Waals surface area (Å²) in [6.07, 6.45) is 0.352. The van der Waals surface area contributed by atoms with Crippen molar-refractivity contribution in [3.8, 4) is 0 Å². The van der Waals surface area contributed by atoms with Crippen LogP contribution in [0.5, 0.6) is 0 Å². The predicted molar refractivity (Wildman–Crippen MR) is 151 cm³/mol. The summed E-state index contributed by atoms with van der Waals surface area (Å²) >= 11 is 0. The molecule has 2 unspecified atom stereocenters. The molecule has 4 amide bonds. The minimum atomic E-state index is -1.16. The molecule has 2 aliphatic heterocycles. The maximum Gasteiger partial charge on any atom is 0.326 e. The van der Waals surface area contributed by atoms with Gasteiger partial charge in [-0.25, -0.2) is 4.79 Å². The molecule has 2 heterocycles. The normalized spacial score (nSPS) is 14.7. The Hall–Kier alpha value is -4.94. The third kappa shape index (κ3) is 7.18. The number of amides is 4. The molecule has 2 aliphatic rings. The Morgan fingerprint density at radius 3 is 1.61 bits per heavy atom. The number of hydrogen-bond donors (Lipinski definition) is 5. The van der Waals surface area contributed by atoms with Crippen LogP contribution in [0.1, 0.15) is 71.9 Å². The SMILES string of the molecule is C.CC(=O)CCC(C(N)=O)N1Cc2c(N)cccc2C1=O.NC(=O)CCC(C(=O)O)N1Cc2c(N)cccc2C1=O. The summed E-state index contributed by atoms with van der Waals surface area (Å²) in [6.45, 7) is 1.83. The number of carboxylic acids is 1. The highest BCUT2D eigenvalue weighted by molar-refractivity contribution is 6.03. The van der Waals surface area contributed by atoms with Crippen molar-refractivity contribution >= 4 is 46.8 Å². The molecule has 2 atom stereocenters. The van der Waals surface area contributed by atoms with Crippen LogP contribution in [-0.2, 0) is 32.3 Å². The maximum atomic E-state index is 12.3. The van der Waals surface area contributed by atoms with Gasteiger partial charge in [-0.3, -0.25) is 19.2 Å². The number of hydrogen-bond acceptors (Lipinski definition) is 8. The zero-order valence-electron chi connectivity index (χ0n) is 22.0. The molecule has 0 spiro atoms. The molecule has 0 aliphatic carbocycles. The van der Waals surface area contributed by atoms with E-state index in [0.29, 0.717) is 33.6 Å². The number of primary amides is 2. The number of rotatable bonds is 10. The van der Waals surface area contributed by atoms with Gasteiger partial charge in [0.2, 0.25) is 11.8 Å². The van der Waals surface area contributed by atoms with E-state index in [1.54, 1.807) is 36.4 Å². The third-order valence-electron chi connectivity index (χ3n) is 6.86. The fourth-order valence-corrected chi connectivity index (χ4v) is 4.74. The minimum absolute atomic E-state index is 0. The number of carboxylic acid groups (broad SMARTS) is 1. The van der Waals surface area contributed by atoms with Crippen molar-refractivity contribution in [3.05, 3.63) is 58.7 Å². The molecule has 220 valence electrons. The summed E-state index contributed by atoms with van der Waals surface area (Å²) in [4.78, 5) is 71.9. The van der Waals surface area contributed by atoms with Crippen molar-refractivity contribution in [2.45, 2.75) is 65.2 Å². The summed E-state index contributed by atoms with van der Waals surface area (Å²) < 4.78 is 0. The summed E-state index contributed by atoms with van der Waals surface area (Å²) in [6, 6.07) is 8.15. The quantitative estimate of drug-likeness (QED) is 0.257. The number of ketones is 1. The predicted octanol–water partition coefficient (Wildman–Crippen LogP) is 1.03. The van der Waals surface area contributed by atoms with Gasteiger partial charge in [0.05, 0.1) is 0 Å². The highest BCUT2D eigenvalue weighted by Crippen LogP contribution is 2.31. The number of benzene rings is 2. The molecule has 2 aromatic rings. The van der Waals surface area contributed by atoms with E-state index >= 15 is 0 Å². The number of nitrogens with zero attached hydrogens (tertiary/aromatic N) is 2. The van der Waals surface area contributed by atoms with E-state index in [-0.39, 0.29) is 63.8 Å². The highest BCUT2D eigenvalue weighted by Gasteiger charge is 2.38. The molecule has 0 radical (unpaired) electrons. The molecule has 0 bridgehead atoms. The van der Waals surface area contributed by atoms with Crippen LogP contribution >= 0.6 is 0 Å². The minimum Gasteiger partial charge on any atom is -0.480 e. The largest absolute Gasteiger partial charge is 0.480 e. The molecule has 13 heteroatoms. The van der Waals surface area contributed by atoms with E-state index in [0.717, 1.165) is 0 Å². The van der Waals surface area contributed by atoms with Crippen LogP contribution in [0, 0.1) is 0 Å². The molecule has 13 nitrogen and oxygen atoms in total. The summed E-state index contributed by atoms with van der Waals surface area (Å²) in [5, 5.41) is 9.24. The van der Waals surface area contributed by atoms with Crippen LogP contribution in [0.4, 0.5) is 11.4 Å². The Bertz CT molecular complexity index is 1270. The molecule has 0 aromatic heterocycles. The lowest BCUT2D eigenvalue weighted by atomic mass is 10.1. The lowest BCUT2D eigenvalue weighted by Gasteiger charge is -2.24. The zero-order valence-corrected chi connectivity index (χ0v) is 22.0. The average molecular weight is 569 g/mol. The van der Waals surface area contributed by atoms with Gasteiger partial charge in [0, 0.05) is 59.6 Å². The topological polar surface area (TPSA) is 233 Å². The zero-order chi connectivity index (χ0) is 29.7. The van der Waals surface area contributed by atoms with Gasteiger partial charge in [0.25, 0.3) is 11.8 Å². The molecule has 9 N–H and O–H groups in total. The summed E-state index contributed by atoms with van der Waals surface area (Å²) in [7, 11) is 0. The lowest BCUT2D eigenvalue weighted by Crippen LogP contribution is -2.45. The maximum absolute atomic E-state index is 12.3. The molecule has 0 saturated carbocycles. The van der Waals surface area contributed by atoms with Gasteiger partial charge in [-0.2, -0.15) is 0 Å². The Morgan fingerprint density at radius 1 is 0.805 bits per heavy atom. The monoisotopic (exact) mass is 568 g/mol. The van der Waals surface area contributed by atoms with Crippen molar-refractivity contribution in [3.63, 3.8) is 0 Å². The molecule has 0 saturated heterocycles. The van der Waals surface area contributed by atoms with E-state index in [4.69, 9.17) is 22.9 Å². The first-order valence-corrected chi connectivity index (χ1v) is 12.5. The Kier molecular flexibility index (Phi) is 10.6. The van der Waals surface area contributed by atoms with Crippen LogP contribution in [0.25, 0.3) is 0 Å². The van der Waals surface area contributed by atoms with Gasteiger partial charge < -0.3 is 42.6 Å². The second-order valence-corrected chi connectivity index (χ2v) is 9.63. The van der Waals surface area contributed by atoms with Crippen LogP contribution in [0.3, 0.4) is 0 Å². The van der Waals surface area contributed by atoms with Crippen molar-refractivity contribution in [1.29, 1.82) is 0 Å². The Balaban J connectivity index is 0.000000280. The molecule has 4 rings (SSSR count). The number of Topliss-reactive ketones (excluding diaryl/α,β-unsaturated/α-hetero) is 1. The van der Waals surface area contributed by atoms with E-state index in [1.807, 2.05) is 0 Å². The second kappa shape index (κ2) is 13.4. The first-order chi connectivity index (χ1) is 18.8.